The van der Waals surface area contributed by atoms with Crippen LogP contribution in [0, 0.1) is 6.92 Å². The minimum absolute atomic E-state index is 0.791. The molecule has 2 aromatic heterocycles. The second-order valence-corrected chi connectivity index (χ2v) is 5.04. The number of para-hydroxylation sites is 1. The van der Waals surface area contributed by atoms with Crippen molar-refractivity contribution in [3.63, 3.8) is 0 Å². The second-order valence-electron chi connectivity index (χ2n) is 5.04. The summed E-state index contributed by atoms with van der Waals surface area (Å²) in [7, 11) is 0. The molecule has 98 valence electrons. The van der Waals surface area contributed by atoms with Gasteiger partial charge < -0.3 is 9.09 Å². The molecule has 2 aromatic carbocycles. The molecule has 0 fully saturated rings. The van der Waals surface area contributed by atoms with Gasteiger partial charge in [0, 0.05) is 5.39 Å². The van der Waals surface area contributed by atoms with Gasteiger partial charge in [0.25, 0.3) is 0 Å². The van der Waals surface area contributed by atoms with E-state index in [-0.39, 0.29) is 0 Å². The third kappa shape index (κ3) is 1.56. The van der Waals surface area contributed by atoms with Crippen LogP contribution in [0.15, 0.2) is 59.1 Å². The van der Waals surface area contributed by atoms with Crippen molar-refractivity contribution in [1.82, 2.24) is 9.72 Å². The quantitative estimate of drug-likeness (QED) is 0.543. The Labute approximate surface area is 116 Å². The zero-order chi connectivity index (χ0) is 13.5. The molecule has 0 saturated carbocycles. The van der Waals surface area contributed by atoms with Crippen molar-refractivity contribution in [3.8, 4) is 0 Å². The van der Waals surface area contributed by atoms with Gasteiger partial charge in [-0.1, -0.05) is 53.7 Å². The Morgan fingerprint density at radius 1 is 1.00 bits per heavy atom. The maximum Gasteiger partial charge on any atom is 0.240 e. The summed E-state index contributed by atoms with van der Waals surface area (Å²) >= 11 is 0. The number of benzene rings is 2. The normalized spacial score (nSPS) is 11.4. The molecule has 0 atom stereocenters. The highest BCUT2D eigenvalue weighted by Crippen LogP contribution is 2.31. The van der Waals surface area contributed by atoms with E-state index in [0.717, 1.165) is 23.3 Å². The zero-order valence-corrected chi connectivity index (χ0v) is 11.2. The Hall–Kier alpha value is -2.55. The summed E-state index contributed by atoms with van der Waals surface area (Å²) in [4.78, 5) is 0. The molecule has 0 spiro atoms. The number of aromatic nitrogens is 2. The molecule has 0 unspecified atom stereocenters. The van der Waals surface area contributed by atoms with Crippen molar-refractivity contribution < 1.29 is 4.52 Å². The fraction of sp³-hybridized carbons (Fsp3) is 0.118. The number of hydrogen-bond acceptors (Lipinski definition) is 2. The van der Waals surface area contributed by atoms with E-state index < -0.39 is 0 Å². The molecule has 20 heavy (non-hydrogen) atoms. The maximum atomic E-state index is 5.55. The molecule has 0 radical (unpaired) electrons. The molecule has 0 saturated heterocycles. The first kappa shape index (κ1) is 11.3. The van der Waals surface area contributed by atoms with Crippen LogP contribution in [0.5, 0.6) is 0 Å². The van der Waals surface area contributed by atoms with Crippen LogP contribution in [0.4, 0.5) is 0 Å². The van der Waals surface area contributed by atoms with Crippen LogP contribution in [0.3, 0.4) is 0 Å². The highest BCUT2D eigenvalue weighted by Gasteiger charge is 2.16. The lowest BCUT2D eigenvalue weighted by Crippen LogP contribution is -1.98. The first-order valence-corrected chi connectivity index (χ1v) is 6.72. The second kappa shape index (κ2) is 4.23. The maximum absolute atomic E-state index is 5.55. The van der Waals surface area contributed by atoms with E-state index in [0.29, 0.717) is 0 Å². The van der Waals surface area contributed by atoms with Gasteiger partial charge in [-0.25, -0.2) is 0 Å². The summed E-state index contributed by atoms with van der Waals surface area (Å²) in [6.07, 6.45) is 0. The molecule has 4 rings (SSSR count). The molecule has 0 bridgehead atoms. The van der Waals surface area contributed by atoms with E-state index >= 15 is 0 Å². The van der Waals surface area contributed by atoms with Gasteiger partial charge in [-0.3, -0.25) is 0 Å². The predicted octanol–water partition coefficient (Wildman–Crippen LogP) is 4.14. The van der Waals surface area contributed by atoms with Gasteiger partial charge in [-0.15, -0.1) is 0 Å². The van der Waals surface area contributed by atoms with Crippen LogP contribution in [0.1, 0.15) is 11.3 Å². The van der Waals surface area contributed by atoms with Gasteiger partial charge in [-0.2, -0.15) is 0 Å². The minimum atomic E-state index is 0.791. The fourth-order valence-corrected chi connectivity index (χ4v) is 2.80. The van der Waals surface area contributed by atoms with Gasteiger partial charge >= 0.3 is 0 Å². The molecule has 0 aliphatic carbocycles. The molecule has 2 heterocycles. The summed E-state index contributed by atoms with van der Waals surface area (Å²) in [6.45, 7) is 2.78. The SMILES string of the molecule is Cc1noc2c1c1ccccc1n2Cc1ccccc1. The van der Waals surface area contributed by atoms with Gasteiger partial charge in [0.05, 0.1) is 23.1 Å². The molecular formula is C17H14N2O. The van der Waals surface area contributed by atoms with Crippen LogP contribution in [-0.2, 0) is 6.54 Å². The highest BCUT2D eigenvalue weighted by molar-refractivity contribution is 6.07. The Bertz CT molecular complexity index is 887. The average molecular weight is 262 g/mol. The molecule has 0 aliphatic rings. The predicted molar refractivity (Wildman–Crippen MR) is 79.8 cm³/mol. The number of nitrogens with zero attached hydrogens (tertiary/aromatic N) is 2. The molecule has 4 aromatic rings. The van der Waals surface area contributed by atoms with Crippen molar-refractivity contribution in [1.29, 1.82) is 0 Å². The summed E-state index contributed by atoms with van der Waals surface area (Å²) in [5.41, 5.74) is 4.25. The van der Waals surface area contributed by atoms with E-state index in [9.17, 15) is 0 Å². The van der Waals surface area contributed by atoms with E-state index in [2.05, 4.69) is 58.3 Å². The molecule has 3 nitrogen and oxygen atoms in total. The first-order chi connectivity index (χ1) is 9.84. The zero-order valence-electron chi connectivity index (χ0n) is 11.2. The Balaban J connectivity index is 2.01. The van der Waals surface area contributed by atoms with E-state index in [1.54, 1.807) is 0 Å². The van der Waals surface area contributed by atoms with Crippen molar-refractivity contribution in [2.75, 3.05) is 0 Å². The Morgan fingerprint density at radius 2 is 1.75 bits per heavy atom. The average Bonchev–Trinajstić information content (AvgIpc) is 3.01. The largest absolute Gasteiger partial charge is 0.337 e. The molecule has 0 aliphatic heterocycles. The Morgan fingerprint density at radius 3 is 2.60 bits per heavy atom. The molecular weight excluding hydrogens is 248 g/mol. The van der Waals surface area contributed by atoms with Crippen LogP contribution in [0.25, 0.3) is 22.0 Å². The van der Waals surface area contributed by atoms with E-state index in [1.807, 2.05) is 13.0 Å². The molecule has 0 amide bonds. The minimum Gasteiger partial charge on any atom is -0.337 e. The van der Waals surface area contributed by atoms with Gasteiger partial charge in [0.1, 0.15) is 0 Å². The van der Waals surface area contributed by atoms with E-state index in [4.69, 9.17) is 4.52 Å². The number of aryl methyl sites for hydroxylation is 1. The first-order valence-electron chi connectivity index (χ1n) is 6.72. The Kier molecular flexibility index (Phi) is 2.39. The smallest absolute Gasteiger partial charge is 0.240 e. The fourth-order valence-electron chi connectivity index (χ4n) is 2.80. The monoisotopic (exact) mass is 262 g/mol. The molecule has 3 heteroatoms. The number of fused-ring (bicyclic) bond motifs is 3. The van der Waals surface area contributed by atoms with Crippen molar-refractivity contribution in [3.05, 3.63) is 65.9 Å². The summed E-state index contributed by atoms with van der Waals surface area (Å²) in [5, 5.41) is 6.44. The van der Waals surface area contributed by atoms with Crippen LogP contribution < -0.4 is 0 Å². The number of rotatable bonds is 2. The van der Waals surface area contributed by atoms with Gasteiger partial charge in [-0.05, 0) is 18.6 Å². The topological polar surface area (TPSA) is 31.0 Å². The lowest BCUT2D eigenvalue weighted by molar-refractivity contribution is 0.432. The van der Waals surface area contributed by atoms with Gasteiger partial charge in [0.15, 0.2) is 0 Å². The van der Waals surface area contributed by atoms with E-state index in [1.165, 1.54) is 16.5 Å². The van der Waals surface area contributed by atoms with Crippen LogP contribution >= 0.6 is 0 Å². The third-order valence-electron chi connectivity index (χ3n) is 3.74. The lowest BCUT2D eigenvalue weighted by atomic mass is 10.2. The van der Waals surface area contributed by atoms with Crippen molar-refractivity contribution in [2.24, 2.45) is 0 Å². The summed E-state index contributed by atoms with van der Waals surface area (Å²) in [5.74, 6) is 0. The number of hydrogen-bond donors (Lipinski definition) is 0. The highest BCUT2D eigenvalue weighted by atomic mass is 16.5. The standard InChI is InChI=1S/C17H14N2O/c1-12-16-14-9-5-6-10-15(14)19(17(16)20-18-12)11-13-7-3-2-4-8-13/h2-10H,11H2,1H3. The third-order valence-corrected chi connectivity index (χ3v) is 3.74. The lowest BCUT2D eigenvalue weighted by Gasteiger charge is -2.05. The summed E-state index contributed by atoms with van der Waals surface area (Å²) < 4.78 is 7.74. The van der Waals surface area contributed by atoms with Gasteiger partial charge in [0.2, 0.25) is 5.71 Å². The van der Waals surface area contributed by atoms with Crippen LogP contribution in [-0.4, -0.2) is 9.72 Å². The van der Waals surface area contributed by atoms with Crippen molar-refractivity contribution in [2.45, 2.75) is 13.5 Å². The summed E-state index contributed by atoms with van der Waals surface area (Å²) in [6, 6.07) is 18.8. The van der Waals surface area contributed by atoms with Crippen LogP contribution in [0.2, 0.25) is 0 Å². The molecule has 0 N–H and O–H groups in total. The van der Waals surface area contributed by atoms with Crippen molar-refractivity contribution >= 4 is 22.0 Å².